The van der Waals surface area contributed by atoms with E-state index in [0.29, 0.717) is 11.1 Å². The van der Waals surface area contributed by atoms with Crippen molar-refractivity contribution in [3.8, 4) is 0 Å². The van der Waals surface area contributed by atoms with Crippen LogP contribution < -0.4 is 4.90 Å². The number of piperidine rings is 1. The average molecular weight is 273 g/mol. The van der Waals surface area contributed by atoms with E-state index in [1.165, 1.54) is 36.4 Å². The summed E-state index contributed by atoms with van der Waals surface area (Å²) >= 11 is 0. The van der Waals surface area contributed by atoms with E-state index in [4.69, 9.17) is 0 Å². The van der Waals surface area contributed by atoms with Crippen molar-refractivity contribution in [1.29, 1.82) is 0 Å². The minimum absolute atomic E-state index is 0.0833. The molecule has 2 fully saturated rings. The van der Waals surface area contributed by atoms with Gasteiger partial charge in [0.25, 0.3) is 0 Å². The number of fused-ring (bicyclic) bond motifs is 1. The molecule has 2 aliphatic rings. The lowest BCUT2D eigenvalue weighted by atomic mass is 9.95. The quantitative estimate of drug-likeness (QED) is 0.618. The molecule has 0 atom stereocenters. The molecule has 0 N–H and O–H groups in total. The van der Waals surface area contributed by atoms with Gasteiger partial charge in [0.1, 0.15) is 6.20 Å². The smallest absolute Gasteiger partial charge is 0.358 e. The van der Waals surface area contributed by atoms with Crippen LogP contribution in [0.2, 0.25) is 0 Å². The van der Waals surface area contributed by atoms with Crippen molar-refractivity contribution in [1.82, 2.24) is 14.6 Å². The number of nitro groups is 1. The summed E-state index contributed by atoms with van der Waals surface area (Å²) in [5.74, 6) is 0.726. The third-order valence-corrected chi connectivity index (χ3v) is 4.46. The van der Waals surface area contributed by atoms with Gasteiger partial charge in [0.05, 0.1) is 0 Å². The molecule has 0 unspecified atom stereocenters. The van der Waals surface area contributed by atoms with E-state index < -0.39 is 4.92 Å². The van der Waals surface area contributed by atoms with Crippen molar-refractivity contribution in [3.63, 3.8) is 0 Å². The van der Waals surface area contributed by atoms with Crippen LogP contribution >= 0.6 is 0 Å². The summed E-state index contributed by atoms with van der Waals surface area (Å²) < 4.78 is 1.32. The maximum atomic E-state index is 11.0. The van der Waals surface area contributed by atoms with E-state index in [9.17, 15) is 10.1 Å². The first-order valence-electron chi connectivity index (χ1n) is 6.91. The number of aromatic nitrogens is 3. The number of hydrogen-bond acceptors (Lipinski definition) is 5. The SMILES string of the molecule is O=[N+]([O-])c1cnc2ccc(N3CCCC4(CC4)C3)nn12. The minimum Gasteiger partial charge on any atom is -0.358 e. The number of rotatable bonds is 2. The summed E-state index contributed by atoms with van der Waals surface area (Å²) in [5.41, 5.74) is 1.01. The molecule has 4 rings (SSSR count). The lowest BCUT2D eigenvalue weighted by Gasteiger charge is -2.33. The van der Waals surface area contributed by atoms with Crippen LogP contribution in [0, 0.1) is 15.5 Å². The molecular formula is C13H15N5O2. The predicted octanol–water partition coefficient (Wildman–Crippen LogP) is 2.02. The molecule has 0 aromatic carbocycles. The molecule has 1 saturated carbocycles. The Morgan fingerprint density at radius 2 is 2.15 bits per heavy atom. The van der Waals surface area contributed by atoms with Gasteiger partial charge in [-0.25, -0.2) is 4.98 Å². The normalized spacial score (nSPS) is 20.5. The Kier molecular flexibility index (Phi) is 2.27. The van der Waals surface area contributed by atoms with E-state index in [2.05, 4.69) is 15.0 Å². The largest absolute Gasteiger partial charge is 0.368 e. The Hall–Kier alpha value is -2.18. The second kappa shape index (κ2) is 3.91. The third kappa shape index (κ3) is 1.73. The molecule has 2 aromatic rings. The van der Waals surface area contributed by atoms with Gasteiger partial charge in [0.15, 0.2) is 5.82 Å². The number of anilines is 1. The third-order valence-electron chi connectivity index (χ3n) is 4.46. The monoisotopic (exact) mass is 273 g/mol. The van der Waals surface area contributed by atoms with Gasteiger partial charge in [0, 0.05) is 19.2 Å². The molecular weight excluding hydrogens is 258 g/mol. The van der Waals surface area contributed by atoms with E-state index >= 15 is 0 Å². The number of imidazole rings is 1. The van der Waals surface area contributed by atoms with Crippen molar-refractivity contribution < 1.29 is 4.92 Å². The van der Waals surface area contributed by atoms with Crippen LogP contribution in [0.3, 0.4) is 0 Å². The number of hydrogen-bond donors (Lipinski definition) is 0. The second-order valence-corrected chi connectivity index (χ2v) is 5.86. The van der Waals surface area contributed by atoms with E-state index in [-0.39, 0.29) is 5.82 Å². The molecule has 104 valence electrons. The lowest BCUT2D eigenvalue weighted by Crippen LogP contribution is -2.37. The molecule has 0 radical (unpaired) electrons. The summed E-state index contributed by atoms with van der Waals surface area (Å²) in [5, 5.41) is 15.4. The first kappa shape index (κ1) is 11.6. The summed E-state index contributed by atoms with van der Waals surface area (Å²) in [4.78, 5) is 16.8. The Morgan fingerprint density at radius 3 is 2.90 bits per heavy atom. The van der Waals surface area contributed by atoms with Crippen molar-refractivity contribution in [2.24, 2.45) is 5.41 Å². The van der Waals surface area contributed by atoms with Gasteiger partial charge >= 0.3 is 5.82 Å². The summed E-state index contributed by atoms with van der Waals surface area (Å²) in [6.07, 6.45) is 6.33. The highest BCUT2D eigenvalue weighted by Crippen LogP contribution is 2.52. The molecule has 1 spiro atoms. The van der Waals surface area contributed by atoms with Crippen molar-refractivity contribution >= 4 is 17.3 Å². The first-order chi connectivity index (χ1) is 9.67. The van der Waals surface area contributed by atoms with Crippen LogP contribution in [0.4, 0.5) is 11.6 Å². The van der Waals surface area contributed by atoms with Crippen LogP contribution in [0.1, 0.15) is 25.7 Å². The van der Waals surface area contributed by atoms with Crippen LogP contribution in [0.25, 0.3) is 5.65 Å². The molecule has 1 saturated heterocycles. The first-order valence-corrected chi connectivity index (χ1v) is 6.91. The van der Waals surface area contributed by atoms with Crippen molar-refractivity contribution in [2.75, 3.05) is 18.0 Å². The number of nitrogens with zero attached hydrogens (tertiary/aromatic N) is 5. The fourth-order valence-corrected chi connectivity index (χ4v) is 3.13. The molecule has 7 nitrogen and oxygen atoms in total. The fourth-order valence-electron chi connectivity index (χ4n) is 3.13. The highest BCUT2D eigenvalue weighted by atomic mass is 16.6. The van der Waals surface area contributed by atoms with E-state index in [1.807, 2.05) is 6.07 Å². The molecule has 7 heteroatoms. The maximum absolute atomic E-state index is 11.0. The van der Waals surface area contributed by atoms with Gasteiger partial charge in [-0.15, -0.1) is 0 Å². The Balaban J connectivity index is 1.72. The maximum Gasteiger partial charge on any atom is 0.368 e. The molecule has 2 aromatic heterocycles. The Morgan fingerprint density at radius 1 is 1.30 bits per heavy atom. The van der Waals surface area contributed by atoms with E-state index in [1.54, 1.807) is 6.07 Å². The van der Waals surface area contributed by atoms with Crippen molar-refractivity contribution in [3.05, 3.63) is 28.4 Å². The zero-order chi connectivity index (χ0) is 13.7. The summed E-state index contributed by atoms with van der Waals surface area (Å²) in [6, 6.07) is 3.71. The predicted molar refractivity (Wildman–Crippen MR) is 72.8 cm³/mol. The van der Waals surface area contributed by atoms with Gasteiger partial charge < -0.3 is 15.0 Å². The second-order valence-electron chi connectivity index (χ2n) is 5.86. The highest BCUT2D eigenvalue weighted by molar-refractivity contribution is 5.49. The molecule has 1 aliphatic carbocycles. The van der Waals surface area contributed by atoms with Crippen LogP contribution in [-0.2, 0) is 0 Å². The van der Waals surface area contributed by atoms with Crippen LogP contribution in [0.15, 0.2) is 18.3 Å². The van der Waals surface area contributed by atoms with Crippen LogP contribution in [-0.4, -0.2) is 32.6 Å². The molecule has 1 aliphatic heterocycles. The zero-order valence-corrected chi connectivity index (χ0v) is 11.0. The summed E-state index contributed by atoms with van der Waals surface area (Å²) in [6.45, 7) is 2.00. The fraction of sp³-hybridized carbons (Fsp3) is 0.538. The zero-order valence-electron chi connectivity index (χ0n) is 11.0. The topological polar surface area (TPSA) is 76.6 Å². The molecule has 0 bridgehead atoms. The Labute approximate surface area is 115 Å². The van der Waals surface area contributed by atoms with Gasteiger partial charge in [-0.2, -0.15) is 0 Å². The Bertz CT molecular complexity index is 691. The molecule has 0 amide bonds. The standard InChI is InChI=1S/C13H15N5O2/c19-18(20)12-8-14-10-2-3-11(15-17(10)12)16-7-1-4-13(9-16)5-6-13/h2-3,8H,1,4-7,9H2. The van der Waals surface area contributed by atoms with Crippen LogP contribution in [0.5, 0.6) is 0 Å². The molecule has 3 heterocycles. The van der Waals surface area contributed by atoms with Crippen molar-refractivity contribution in [2.45, 2.75) is 25.7 Å². The summed E-state index contributed by atoms with van der Waals surface area (Å²) in [7, 11) is 0. The van der Waals surface area contributed by atoms with E-state index in [0.717, 1.165) is 18.9 Å². The molecule has 20 heavy (non-hydrogen) atoms. The average Bonchev–Trinajstić information content (AvgIpc) is 3.04. The van der Waals surface area contributed by atoms with Gasteiger partial charge in [0.2, 0.25) is 5.65 Å². The highest BCUT2D eigenvalue weighted by Gasteiger charge is 2.45. The minimum atomic E-state index is -0.449. The van der Waals surface area contributed by atoms with Gasteiger partial charge in [-0.1, -0.05) is 9.61 Å². The lowest BCUT2D eigenvalue weighted by molar-refractivity contribution is -0.391. The van der Waals surface area contributed by atoms with Gasteiger partial charge in [-0.3, -0.25) is 0 Å². The van der Waals surface area contributed by atoms with Gasteiger partial charge in [-0.05, 0) is 42.1 Å².